The Morgan fingerprint density at radius 2 is 1.96 bits per heavy atom. The predicted molar refractivity (Wildman–Crippen MR) is 98.1 cm³/mol. The van der Waals surface area contributed by atoms with Crippen LogP contribution in [0.25, 0.3) is 11.0 Å². The number of fused-ring (bicyclic) bond motifs is 1. The summed E-state index contributed by atoms with van der Waals surface area (Å²) in [4.78, 5) is 19.6. The third kappa shape index (κ3) is 3.61. The normalized spacial score (nSPS) is 15.5. The fourth-order valence-electron chi connectivity index (χ4n) is 3.58. The van der Waals surface area contributed by atoms with Gasteiger partial charge in [-0.15, -0.1) is 0 Å². The molecule has 5 heteroatoms. The molecule has 1 heterocycles. The number of amides is 1. The first-order valence-corrected chi connectivity index (χ1v) is 9.21. The summed E-state index contributed by atoms with van der Waals surface area (Å²) in [5.41, 5.74) is 2.03. The van der Waals surface area contributed by atoms with Gasteiger partial charge in [-0.3, -0.25) is 10.1 Å². The molecule has 1 saturated carbocycles. The maximum absolute atomic E-state index is 12.5. The average Bonchev–Trinajstić information content (AvgIpc) is 3.24. The molecule has 1 aromatic carbocycles. The molecule has 1 aliphatic carbocycles. The van der Waals surface area contributed by atoms with E-state index in [1.165, 1.54) is 0 Å². The summed E-state index contributed by atoms with van der Waals surface area (Å²) in [5.74, 6) is 0.980. The van der Waals surface area contributed by atoms with E-state index in [9.17, 15) is 4.79 Å². The minimum absolute atomic E-state index is 0.131. The number of hydrogen-bond donors (Lipinski definition) is 1. The first-order valence-electron chi connectivity index (χ1n) is 9.21. The average molecular weight is 328 g/mol. The van der Waals surface area contributed by atoms with Gasteiger partial charge in [0.15, 0.2) is 0 Å². The highest BCUT2D eigenvalue weighted by Crippen LogP contribution is 2.27. The number of likely N-dealkylation sites (N-methyl/N-ethyl adjacent to an activating group) is 1. The Hall–Kier alpha value is -1.88. The van der Waals surface area contributed by atoms with Crippen molar-refractivity contribution in [3.05, 3.63) is 24.3 Å². The first-order chi connectivity index (χ1) is 11.7. The number of nitrogens with one attached hydrogen (secondary N) is 1. The van der Waals surface area contributed by atoms with Gasteiger partial charge in [-0.1, -0.05) is 38.8 Å². The summed E-state index contributed by atoms with van der Waals surface area (Å²) < 4.78 is 2.15. The predicted octanol–water partition coefficient (Wildman–Crippen LogP) is 3.51. The van der Waals surface area contributed by atoms with Crippen molar-refractivity contribution in [3.8, 4) is 0 Å². The van der Waals surface area contributed by atoms with Gasteiger partial charge < -0.3 is 9.47 Å². The Morgan fingerprint density at radius 1 is 1.25 bits per heavy atom. The van der Waals surface area contributed by atoms with Gasteiger partial charge in [0.2, 0.25) is 11.9 Å². The fourth-order valence-corrected chi connectivity index (χ4v) is 3.58. The summed E-state index contributed by atoms with van der Waals surface area (Å²) in [5, 5.41) is 3.10. The second-order valence-electron chi connectivity index (χ2n) is 6.57. The van der Waals surface area contributed by atoms with Crippen molar-refractivity contribution in [1.29, 1.82) is 0 Å². The monoisotopic (exact) mass is 328 g/mol. The van der Waals surface area contributed by atoms with E-state index in [1.807, 2.05) is 18.2 Å². The highest BCUT2D eigenvalue weighted by atomic mass is 16.2. The fraction of sp³-hybridized carbons (Fsp3) is 0.579. The Labute approximate surface area is 144 Å². The number of aromatic nitrogens is 2. The van der Waals surface area contributed by atoms with Gasteiger partial charge in [0.1, 0.15) is 0 Å². The van der Waals surface area contributed by atoms with Crippen LogP contribution in [0, 0.1) is 5.92 Å². The second kappa shape index (κ2) is 7.79. The van der Waals surface area contributed by atoms with Crippen molar-refractivity contribution >= 4 is 22.9 Å². The zero-order valence-corrected chi connectivity index (χ0v) is 14.8. The van der Waals surface area contributed by atoms with Gasteiger partial charge in [-0.05, 0) is 38.1 Å². The maximum atomic E-state index is 12.5. The van der Waals surface area contributed by atoms with Crippen LogP contribution in [0.5, 0.6) is 0 Å². The lowest BCUT2D eigenvalue weighted by atomic mass is 10.1. The first kappa shape index (κ1) is 17.0. The van der Waals surface area contributed by atoms with Crippen LogP contribution < -0.4 is 5.32 Å². The van der Waals surface area contributed by atoms with Crippen molar-refractivity contribution < 1.29 is 4.79 Å². The quantitative estimate of drug-likeness (QED) is 0.846. The number of imidazole rings is 1. The minimum atomic E-state index is 0.131. The van der Waals surface area contributed by atoms with Gasteiger partial charge in [0, 0.05) is 19.0 Å². The zero-order chi connectivity index (χ0) is 16.9. The molecule has 3 rings (SSSR count). The molecule has 0 spiro atoms. The van der Waals surface area contributed by atoms with Crippen molar-refractivity contribution in [2.24, 2.45) is 5.92 Å². The Balaban J connectivity index is 1.82. The highest BCUT2D eigenvalue weighted by molar-refractivity contribution is 5.93. The van der Waals surface area contributed by atoms with Crippen LogP contribution in [0.2, 0.25) is 0 Å². The van der Waals surface area contributed by atoms with Crippen LogP contribution in [0.3, 0.4) is 0 Å². The zero-order valence-electron chi connectivity index (χ0n) is 14.8. The molecule has 1 aromatic heterocycles. The molecule has 5 nitrogen and oxygen atoms in total. The van der Waals surface area contributed by atoms with Crippen LogP contribution in [0.1, 0.15) is 39.5 Å². The summed E-state index contributed by atoms with van der Waals surface area (Å²) in [7, 11) is 0. The van der Waals surface area contributed by atoms with Crippen molar-refractivity contribution in [1.82, 2.24) is 14.5 Å². The van der Waals surface area contributed by atoms with Gasteiger partial charge in [0.05, 0.1) is 11.0 Å². The molecule has 0 atom stereocenters. The Kier molecular flexibility index (Phi) is 5.51. The molecule has 2 aromatic rings. The van der Waals surface area contributed by atoms with E-state index < -0.39 is 0 Å². The lowest BCUT2D eigenvalue weighted by Gasteiger charge is -2.19. The van der Waals surface area contributed by atoms with Crippen LogP contribution in [-0.2, 0) is 11.3 Å². The van der Waals surface area contributed by atoms with E-state index in [1.54, 1.807) is 0 Å². The van der Waals surface area contributed by atoms with Crippen LogP contribution in [0.15, 0.2) is 24.3 Å². The van der Waals surface area contributed by atoms with Gasteiger partial charge in [-0.2, -0.15) is 0 Å². The molecule has 0 radical (unpaired) electrons. The number of benzene rings is 1. The molecule has 1 N–H and O–H groups in total. The minimum Gasteiger partial charge on any atom is -0.309 e. The Bertz CT molecular complexity index is 684. The highest BCUT2D eigenvalue weighted by Gasteiger charge is 2.24. The van der Waals surface area contributed by atoms with E-state index in [0.29, 0.717) is 5.95 Å². The summed E-state index contributed by atoms with van der Waals surface area (Å²) >= 11 is 0. The molecule has 0 saturated heterocycles. The molecular weight excluding hydrogens is 300 g/mol. The Morgan fingerprint density at radius 3 is 2.67 bits per heavy atom. The van der Waals surface area contributed by atoms with E-state index in [-0.39, 0.29) is 11.8 Å². The standard InChI is InChI=1S/C19H28N4O/c1-3-22(4-2)13-14-23-17-12-8-7-11-16(17)20-19(23)21-18(24)15-9-5-6-10-15/h7-8,11-12,15H,3-6,9-10,13-14H2,1-2H3,(H,20,21,24). The largest absolute Gasteiger partial charge is 0.309 e. The van der Waals surface area contributed by atoms with Crippen LogP contribution in [0.4, 0.5) is 5.95 Å². The third-order valence-corrected chi connectivity index (χ3v) is 5.15. The second-order valence-corrected chi connectivity index (χ2v) is 6.57. The lowest BCUT2D eigenvalue weighted by molar-refractivity contribution is -0.119. The number of rotatable bonds is 7. The van der Waals surface area contributed by atoms with E-state index in [2.05, 4.69) is 39.7 Å². The molecule has 1 aliphatic rings. The molecular formula is C19H28N4O. The molecule has 130 valence electrons. The topological polar surface area (TPSA) is 50.2 Å². The van der Waals surface area contributed by atoms with Crippen molar-refractivity contribution in [2.45, 2.75) is 46.1 Å². The van der Waals surface area contributed by atoms with Crippen molar-refractivity contribution in [2.75, 3.05) is 25.0 Å². The van der Waals surface area contributed by atoms with E-state index in [0.717, 1.165) is 62.9 Å². The maximum Gasteiger partial charge on any atom is 0.229 e. The molecule has 1 fully saturated rings. The number of nitrogens with zero attached hydrogens (tertiary/aromatic N) is 3. The summed E-state index contributed by atoms with van der Waals surface area (Å²) in [6, 6.07) is 8.11. The molecule has 0 aliphatic heterocycles. The van der Waals surface area contributed by atoms with Gasteiger partial charge in [0.25, 0.3) is 0 Å². The lowest BCUT2D eigenvalue weighted by Crippen LogP contribution is -2.28. The molecule has 0 unspecified atom stereocenters. The molecule has 24 heavy (non-hydrogen) atoms. The van der Waals surface area contributed by atoms with Gasteiger partial charge >= 0.3 is 0 Å². The number of para-hydroxylation sites is 2. The van der Waals surface area contributed by atoms with E-state index >= 15 is 0 Å². The van der Waals surface area contributed by atoms with Crippen LogP contribution >= 0.6 is 0 Å². The van der Waals surface area contributed by atoms with Crippen molar-refractivity contribution in [3.63, 3.8) is 0 Å². The smallest absolute Gasteiger partial charge is 0.229 e. The SMILES string of the molecule is CCN(CC)CCn1c(NC(=O)C2CCCC2)nc2ccccc21. The summed E-state index contributed by atoms with van der Waals surface area (Å²) in [6.45, 7) is 8.22. The number of hydrogen-bond acceptors (Lipinski definition) is 3. The molecule has 1 amide bonds. The number of carbonyl (C=O) groups excluding carboxylic acids is 1. The number of carbonyl (C=O) groups is 1. The van der Waals surface area contributed by atoms with E-state index in [4.69, 9.17) is 0 Å². The third-order valence-electron chi connectivity index (χ3n) is 5.15. The summed E-state index contributed by atoms with van der Waals surface area (Å²) in [6.07, 6.45) is 4.34. The van der Waals surface area contributed by atoms with Crippen LogP contribution in [-0.4, -0.2) is 40.0 Å². The number of anilines is 1. The molecule has 0 bridgehead atoms. The van der Waals surface area contributed by atoms with Gasteiger partial charge in [-0.25, -0.2) is 4.98 Å².